The van der Waals surface area contributed by atoms with E-state index in [1.54, 1.807) is 6.92 Å². The van der Waals surface area contributed by atoms with E-state index in [9.17, 15) is 9.59 Å². The third-order valence-electron chi connectivity index (χ3n) is 1.64. The van der Waals surface area contributed by atoms with E-state index in [0.717, 1.165) is 0 Å². The molecule has 0 saturated heterocycles. The van der Waals surface area contributed by atoms with E-state index in [1.807, 2.05) is 0 Å². The van der Waals surface area contributed by atoms with E-state index >= 15 is 0 Å². The van der Waals surface area contributed by atoms with Crippen LogP contribution in [0.5, 0.6) is 0 Å². The fraction of sp³-hybridized carbons (Fsp3) is 0.444. The van der Waals surface area contributed by atoms with Crippen molar-refractivity contribution >= 4 is 11.9 Å². The van der Waals surface area contributed by atoms with Crippen LogP contribution in [-0.4, -0.2) is 28.5 Å². The molecule has 1 aromatic heterocycles. The number of oxazole rings is 1. The maximum Gasteiger partial charge on any atom is 0.305 e. The van der Waals surface area contributed by atoms with E-state index in [2.05, 4.69) is 10.3 Å². The number of hydrogen-bond donors (Lipinski definition) is 2. The Morgan fingerprint density at radius 1 is 1.60 bits per heavy atom. The fourth-order valence-electron chi connectivity index (χ4n) is 0.992. The van der Waals surface area contributed by atoms with Gasteiger partial charge in [0.2, 0.25) is 11.8 Å². The van der Waals surface area contributed by atoms with Gasteiger partial charge in [0.25, 0.3) is 0 Å². The Kier molecular flexibility index (Phi) is 3.84. The third kappa shape index (κ3) is 4.26. The Labute approximate surface area is 86.3 Å². The molecule has 0 atom stereocenters. The molecule has 0 fully saturated rings. The second-order valence-electron chi connectivity index (χ2n) is 3.04. The summed E-state index contributed by atoms with van der Waals surface area (Å²) in [6.07, 6.45) is 1.48. The SMILES string of the molecule is Cc1cnc(CC(=O)NCCC(=O)O)o1. The van der Waals surface area contributed by atoms with Crippen LogP contribution in [-0.2, 0) is 16.0 Å². The van der Waals surface area contributed by atoms with Gasteiger partial charge in [-0.1, -0.05) is 0 Å². The van der Waals surface area contributed by atoms with Crippen molar-refractivity contribution in [3.63, 3.8) is 0 Å². The van der Waals surface area contributed by atoms with Crippen LogP contribution in [0.25, 0.3) is 0 Å². The molecule has 0 saturated carbocycles. The molecule has 0 spiro atoms. The first-order valence-electron chi connectivity index (χ1n) is 4.47. The molecule has 2 N–H and O–H groups in total. The standard InChI is InChI=1S/C9H12N2O4/c1-6-5-11-8(15-6)4-7(12)10-3-2-9(13)14/h5H,2-4H2,1H3,(H,10,12)(H,13,14). The maximum atomic E-state index is 11.2. The highest BCUT2D eigenvalue weighted by Gasteiger charge is 2.08. The lowest BCUT2D eigenvalue weighted by molar-refractivity contribution is -0.136. The van der Waals surface area contributed by atoms with Crippen LogP contribution in [0.4, 0.5) is 0 Å². The van der Waals surface area contributed by atoms with Crippen LogP contribution in [0, 0.1) is 6.92 Å². The lowest BCUT2D eigenvalue weighted by Gasteiger charge is -2.00. The molecule has 0 aliphatic carbocycles. The number of hydrogen-bond acceptors (Lipinski definition) is 4. The normalized spacial score (nSPS) is 9.93. The minimum atomic E-state index is -0.942. The Morgan fingerprint density at radius 2 is 2.33 bits per heavy atom. The lowest BCUT2D eigenvalue weighted by Crippen LogP contribution is -2.27. The van der Waals surface area contributed by atoms with Crippen LogP contribution in [0.15, 0.2) is 10.6 Å². The summed E-state index contributed by atoms with van der Waals surface area (Å²) in [5, 5.41) is 10.8. The topological polar surface area (TPSA) is 92.4 Å². The summed E-state index contributed by atoms with van der Waals surface area (Å²) >= 11 is 0. The number of carboxylic acid groups (broad SMARTS) is 1. The minimum Gasteiger partial charge on any atom is -0.481 e. The number of rotatable bonds is 5. The largest absolute Gasteiger partial charge is 0.481 e. The number of carboxylic acids is 1. The van der Waals surface area contributed by atoms with Crippen molar-refractivity contribution in [2.45, 2.75) is 19.8 Å². The number of carbonyl (C=O) groups is 2. The molecule has 0 aliphatic heterocycles. The van der Waals surface area contributed by atoms with Gasteiger partial charge in [0.05, 0.1) is 12.6 Å². The monoisotopic (exact) mass is 212 g/mol. The van der Waals surface area contributed by atoms with Gasteiger partial charge in [-0.2, -0.15) is 0 Å². The summed E-state index contributed by atoms with van der Waals surface area (Å²) in [7, 11) is 0. The van der Waals surface area contributed by atoms with Gasteiger partial charge in [0.15, 0.2) is 0 Å². The van der Waals surface area contributed by atoms with Gasteiger partial charge in [-0.05, 0) is 6.92 Å². The molecule has 1 rings (SSSR count). The molecule has 1 amide bonds. The van der Waals surface area contributed by atoms with Crippen molar-refractivity contribution in [2.24, 2.45) is 0 Å². The molecule has 1 heterocycles. The third-order valence-corrected chi connectivity index (χ3v) is 1.64. The molecular weight excluding hydrogens is 200 g/mol. The van der Waals surface area contributed by atoms with E-state index in [1.165, 1.54) is 6.20 Å². The Bertz CT molecular complexity index is 359. The zero-order valence-electron chi connectivity index (χ0n) is 8.32. The van der Waals surface area contributed by atoms with E-state index < -0.39 is 5.97 Å². The predicted octanol–water partition coefficient (Wildman–Crippen LogP) is 0.116. The number of nitrogens with zero attached hydrogens (tertiary/aromatic N) is 1. The Morgan fingerprint density at radius 3 is 2.87 bits per heavy atom. The molecule has 0 radical (unpaired) electrons. The highest BCUT2D eigenvalue weighted by molar-refractivity contribution is 5.78. The molecule has 6 heteroatoms. The summed E-state index contributed by atoms with van der Waals surface area (Å²) in [6, 6.07) is 0. The minimum absolute atomic E-state index is 0.0352. The first kappa shape index (κ1) is 11.2. The fourth-order valence-corrected chi connectivity index (χ4v) is 0.992. The summed E-state index contributed by atoms with van der Waals surface area (Å²) in [4.78, 5) is 25.2. The molecule has 15 heavy (non-hydrogen) atoms. The van der Waals surface area contributed by atoms with E-state index in [4.69, 9.17) is 9.52 Å². The molecule has 0 aliphatic rings. The number of aliphatic carboxylic acids is 1. The average molecular weight is 212 g/mol. The maximum absolute atomic E-state index is 11.2. The van der Waals surface area contributed by atoms with Crippen molar-refractivity contribution in [3.05, 3.63) is 17.8 Å². The zero-order chi connectivity index (χ0) is 11.3. The van der Waals surface area contributed by atoms with Crippen molar-refractivity contribution in [2.75, 3.05) is 6.54 Å². The highest BCUT2D eigenvalue weighted by Crippen LogP contribution is 2.01. The van der Waals surface area contributed by atoms with Crippen molar-refractivity contribution in [3.8, 4) is 0 Å². The number of aryl methyl sites for hydroxylation is 1. The van der Waals surface area contributed by atoms with Gasteiger partial charge in [-0.25, -0.2) is 4.98 Å². The first-order chi connectivity index (χ1) is 7.08. The highest BCUT2D eigenvalue weighted by atomic mass is 16.4. The van der Waals surface area contributed by atoms with Crippen molar-refractivity contribution < 1.29 is 19.1 Å². The van der Waals surface area contributed by atoms with Gasteiger partial charge in [0, 0.05) is 6.54 Å². The second-order valence-corrected chi connectivity index (χ2v) is 3.04. The van der Waals surface area contributed by atoms with Gasteiger partial charge < -0.3 is 14.8 Å². The van der Waals surface area contributed by atoms with Crippen LogP contribution in [0.1, 0.15) is 18.1 Å². The van der Waals surface area contributed by atoms with Gasteiger partial charge in [-0.3, -0.25) is 9.59 Å². The lowest BCUT2D eigenvalue weighted by atomic mass is 10.3. The van der Waals surface area contributed by atoms with Crippen molar-refractivity contribution in [1.29, 1.82) is 0 Å². The van der Waals surface area contributed by atoms with Gasteiger partial charge in [0.1, 0.15) is 12.2 Å². The van der Waals surface area contributed by atoms with Crippen LogP contribution >= 0.6 is 0 Å². The quantitative estimate of drug-likeness (QED) is 0.723. The number of nitrogens with one attached hydrogen (secondary N) is 1. The van der Waals surface area contributed by atoms with Gasteiger partial charge >= 0.3 is 5.97 Å². The Hall–Kier alpha value is -1.85. The van der Waals surface area contributed by atoms with Crippen LogP contribution in [0.2, 0.25) is 0 Å². The smallest absolute Gasteiger partial charge is 0.305 e. The van der Waals surface area contributed by atoms with Crippen LogP contribution < -0.4 is 5.32 Å². The Balaban J connectivity index is 2.27. The number of aromatic nitrogens is 1. The zero-order valence-corrected chi connectivity index (χ0v) is 8.32. The van der Waals surface area contributed by atoms with Crippen LogP contribution in [0.3, 0.4) is 0 Å². The summed E-state index contributed by atoms with van der Waals surface area (Å²) in [5.74, 6) is -0.260. The molecule has 1 aromatic rings. The predicted molar refractivity (Wildman–Crippen MR) is 50.2 cm³/mol. The molecule has 0 aromatic carbocycles. The molecular formula is C9H12N2O4. The van der Waals surface area contributed by atoms with Gasteiger partial charge in [-0.15, -0.1) is 0 Å². The first-order valence-corrected chi connectivity index (χ1v) is 4.47. The van der Waals surface area contributed by atoms with Crippen molar-refractivity contribution in [1.82, 2.24) is 10.3 Å². The van der Waals surface area contributed by atoms with E-state index in [-0.39, 0.29) is 25.3 Å². The summed E-state index contributed by atoms with van der Waals surface area (Å²) in [6.45, 7) is 1.85. The van der Waals surface area contributed by atoms with E-state index in [0.29, 0.717) is 11.7 Å². The molecule has 0 bridgehead atoms. The summed E-state index contributed by atoms with van der Waals surface area (Å²) in [5.41, 5.74) is 0. The second kappa shape index (κ2) is 5.14. The molecule has 82 valence electrons. The average Bonchev–Trinajstić information content (AvgIpc) is 2.50. The number of amides is 1. The summed E-state index contributed by atoms with van der Waals surface area (Å²) < 4.78 is 5.09. The number of carbonyl (C=O) groups excluding carboxylic acids is 1. The molecule has 0 unspecified atom stereocenters. The molecule has 6 nitrogen and oxygen atoms in total.